The topological polar surface area (TPSA) is 13.1 Å². The lowest BCUT2D eigenvalue weighted by molar-refractivity contribution is 0.664. The van der Waals surface area contributed by atoms with Gasteiger partial charge in [-0.2, -0.15) is 0 Å². The zero-order valence-corrected chi connectivity index (χ0v) is 17.1. The summed E-state index contributed by atoms with van der Waals surface area (Å²) in [4.78, 5) is 0. The molecule has 0 aliphatic carbocycles. The molecule has 0 radical (unpaired) electrons. The summed E-state index contributed by atoms with van der Waals surface area (Å²) in [7, 11) is 0. The predicted molar refractivity (Wildman–Crippen MR) is 125 cm³/mol. The molecule has 2 aromatic heterocycles. The number of rotatable bonds is 3. The molecule has 140 valence electrons. The number of hydrogen-bond acceptors (Lipinski definition) is 2. The predicted octanol–water partition coefficient (Wildman–Crippen LogP) is 8.11. The van der Waals surface area contributed by atoms with Crippen LogP contribution in [-0.4, -0.2) is 0 Å². The minimum Gasteiger partial charge on any atom is -0.456 e. The van der Waals surface area contributed by atoms with Gasteiger partial charge in [-0.1, -0.05) is 73.7 Å². The zero-order valence-electron chi connectivity index (χ0n) is 16.2. The molecule has 6 aromatic rings. The Morgan fingerprint density at radius 2 is 1.45 bits per heavy atom. The van der Waals surface area contributed by atoms with Gasteiger partial charge in [-0.05, 0) is 35.2 Å². The third-order valence-corrected chi connectivity index (χ3v) is 7.20. The Hall–Kier alpha value is -3.10. The Balaban J connectivity index is 1.58. The Bertz CT molecular complexity index is 1520. The Kier molecular flexibility index (Phi) is 3.75. The van der Waals surface area contributed by atoms with E-state index < -0.39 is 0 Å². The number of benzene rings is 4. The molecule has 0 N–H and O–H groups in total. The van der Waals surface area contributed by atoms with Crippen LogP contribution in [0.5, 0.6) is 0 Å². The SMILES string of the molecule is CCc1ccc(Cc2cccc3c2sc2ccccc23)c2oc3ccccc3c12. The number of fused-ring (bicyclic) bond motifs is 6. The van der Waals surface area contributed by atoms with E-state index in [1.165, 1.54) is 47.6 Å². The molecule has 0 amide bonds. The maximum Gasteiger partial charge on any atom is 0.139 e. The van der Waals surface area contributed by atoms with Gasteiger partial charge in [-0.3, -0.25) is 0 Å². The van der Waals surface area contributed by atoms with E-state index in [9.17, 15) is 0 Å². The van der Waals surface area contributed by atoms with Crippen LogP contribution in [0.2, 0.25) is 0 Å². The smallest absolute Gasteiger partial charge is 0.139 e. The average Bonchev–Trinajstić information content (AvgIpc) is 3.34. The van der Waals surface area contributed by atoms with Crippen LogP contribution >= 0.6 is 11.3 Å². The van der Waals surface area contributed by atoms with Crippen LogP contribution in [0, 0.1) is 0 Å². The van der Waals surface area contributed by atoms with Gasteiger partial charge in [0, 0.05) is 37.4 Å². The average molecular weight is 393 g/mol. The molecule has 4 aromatic carbocycles. The zero-order chi connectivity index (χ0) is 19.4. The molecule has 0 fully saturated rings. The first-order valence-electron chi connectivity index (χ1n) is 10.1. The van der Waals surface area contributed by atoms with Crippen LogP contribution in [0.1, 0.15) is 23.6 Å². The number of thiophene rings is 1. The molecule has 0 aliphatic rings. The second kappa shape index (κ2) is 6.47. The summed E-state index contributed by atoms with van der Waals surface area (Å²) in [5.41, 5.74) is 6.01. The number of aryl methyl sites for hydroxylation is 1. The number of furan rings is 1. The van der Waals surface area contributed by atoms with Gasteiger partial charge in [0.15, 0.2) is 0 Å². The van der Waals surface area contributed by atoms with Crippen molar-refractivity contribution in [1.82, 2.24) is 0 Å². The van der Waals surface area contributed by atoms with Gasteiger partial charge in [0.25, 0.3) is 0 Å². The number of para-hydroxylation sites is 1. The second-order valence-corrected chi connectivity index (χ2v) is 8.66. The van der Waals surface area contributed by atoms with Gasteiger partial charge in [-0.25, -0.2) is 0 Å². The maximum absolute atomic E-state index is 6.37. The molecule has 1 nitrogen and oxygen atoms in total. The van der Waals surface area contributed by atoms with Gasteiger partial charge < -0.3 is 4.42 Å². The first-order valence-corrected chi connectivity index (χ1v) is 11.0. The van der Waals surface area contributed by atoms with Crippen molar-refractivity contribution in [1.29, 1.82) is 0 Å². The molecule has 0 saturated heterocycles. The highest BCUT2D eigenvalue weighted by Gasteiger charge is 2.16. The molecule has 0 unspecified atom stereocenters. The van der Waals surface area contributed by atoms with Crippen LogP contribution in [0.3, 0.4) is 0 Å². The minimum atomic E-state index is 0.879. The monoisotopic (exact) mass is 392 g/mol. The van der Waals surface area contributed by atoms with Crippen LogP contribution in [-0.2, 0) is 12.8 Å². The van der Waals surface area contributed by atoms with Crippen molar-refractivity contribution in [3.05, 3.63) is 95.6 Å². The second-order valence-electron chi connectivity index (χ2n) is 7.61. The molecule has 2 heterocycles. The van der Waals surface area contributed by atoms with E-state index in [0.717, 1.165) is 24.0 Å². The molecule has 0 saturated carbocycles. The van der Waals surface area contributed by atoms with Crippen LogP contribution in [0.15, 0.2) is 83.3 Å². The highest BCUT2D eigenvalue weighted by Crippen LogP contribution is 2.39. The van der Waals surface area contributed by atoms with Crippen LogP contribution in [0.25, 0.3) is 42.1 Å². The van der Waals surface area contributed by atoms with E-state index >= 15 is 0 Å². The summed E-state index contributed by atoms with van der Waals surface area (Å²) in [6.45, 7) is 2.22. The minimum absolute atomic E-state index is 0.879. The van der Waals surface area contributed by atoms with E-state index in [4.69, 9.17) is 4.42 Å². The van der Waals surface area contributed by atoms with E-state index in [-0.39, 0.29) is 0 Å². The number of hydrogen-bond donors (Lipinski definition) is 0. The molecular weight excluding hydrogens is 372 g/mol. The molecule has 29 heavy (non-hydrogen) atoms. The van der Waals surface area contributed by atoms with Crippen molar-refractivity contribution >= 4 is 53.4 Å². The van der Waals surface area contributed by atoms with Crippen molar-refractivity contribution < 1.29 is 4.42 Å². The van der Waals surface area contributed by atoms with Gasteiger partial charge in [0.1, 0.15) is 11.2 Å². The van der Waals surface area contributed by atoms with Crippen LogP contribution < -0.4 is 0 Å². The fourth-order valence-corrected chi connectivity index (χ4v) is 5.75. The van der Waals surface area contributed by atoms with Gasteiger partial charge >= 0.3 is 0 Å². The van der Waals surface area contributed by atoms with Crippen molar-refractivity contribution in [2.45, 2.75) is 19.8 Å². The molecule has 0 spiro atoms. The molecule has 0 aliphatic heterocycles. The van der Waals surface area contributed by atoms with Gasteiger partial charge in [-0.15, -0.1) is 11.3 Å². The third-order valence-electron chi connectivity index (χ3n) is 5.94. The molecule has 0 bridgehead atoms. The summed E-state index contributed by atoms with van der Waals surface area (Å²) in [5, 5.41) is 5.21. The summed E-state index contributed by atoms with van der Waals surface area (Å²) in [5.74, 6) is 0. The Morgan fingerprint density at radius 3 is 2.34 bits per heavy atom. The lowest BCUT2D eigenvalue weighted by atomic mass is 9.97. The lowest BCUT2D eigenvalue weighted by Gasteiger charge is -2.07. The van der Waals surface area contributed by atoms with Gasteiger partial charge in [0.2, 0.25) is 0 Å². The summed E-state index contributed by atoms with van der Waals surface area (Å²) in [6.07, 6.45) is 1.89. The summed E-state index contributed by atoms with van der Waals surface area (Å²) >= 11 is 1.90. The Morgan fingerprint density at radius 1 is 0.690 bits per heavy atom. The van der Waals surface area contributed by atoms with Crippen molar-refractivity contribution in [3.8, 4) is 0 Å². The van der Waals surface area contributed by atoms with E-state index in [2.05, 4.69) is 79.7 Å². The quantitative estimate of drug-likeness (QED) is 0.296. The first-order chi connectivity index (χ1) is 14.3. The lowest BCUT2D eigenvalue weighted by Crippen LogP contribution is -1.91. The first kappa shape index (κ1) is 16.8. The van der Waals surface area contributed by atoms with Crippen molar-refractivity contribution in [3.63, 3.8) is 0 Å². The van der Waals surface area contributed by atoms with Crippen molar-refractivity contribution in [2.24, 2.45) is 0 Å². The molecule has 6 rings (SSSR count). The fraction of sp³-hybridized carbons (Fsp3) is 0.111. The molecular formula is C27H20OS. The normalized spacial score (nSPS) is 11.9. The van der Waals surface area contributed by atoms with E-state index in [0.29, 0.717) is 0 Å². The fourth-order valence-electron chi connectivity index (χ4n) is 4.53. The highest BCUT2D eigenvalue weighted by atomic mass is 32.1. The standard InChI is InChI=1S/C27H20OS/c1-2-17-14-15-18(26-25(17)22-10-3-5-12-23(22)28-26)16-19-8-7-11-21-20-9-4-6-13-24(20)29-27(19)21/h3-15H,2,16H2,1H3. The largest absolute Gasteiger partial charge is 0.456 e. The van der Waals surface area contributed by atoms with Gasteiger partial charge in [0.05, 0.1) is 0 Å². The molecule has 0 atom stereocenters. The van der Waals surface area contributed by atoms with Crippen molar-refractivity contribution in [2.75, 3.05) is 0 Å². The molecule has 2 heteroatoms. The maximum atomic E-state index is 6.37. The highest BCUT2D eigenvalue weighted by molar-refractivity contribution is 7.26. The summed E-state index contributed by atoms with van der Waals surface area (Å²) < 4.78 is 9.11. The van der Waals surface area contributed by atoms with Crippen LogP contribution in [0.4, 0.5) is 0 Å². The summed E-state index contributed by atoms with van der Waals surface area (Å²) in [6, 6.07) is 28.3. The Labute approximate surface area is 173 Å². The third kappa shape index (κ3) is 2.53. The van der Waals surface area contributed by atoms with E-state index in [1.807, 2.05) is 17.4 Å². The van der Waals surface area contributed by atoms with E-state index in [1.54, 1.807) is 0 Å².